The van der Waals surface area contributed by atoms with Crippen molar-refractivity contribution >= 4 is 21.6 Å². The highest BCUT2D eigenvalue weighted by Gasteiger charge is 2.27. The summed E-state index contributed by atoms with van der Waals surface area (Å²) in [4.78, 5) is 12.8. The van der Waals surface area contributed by atoms with Crippen molar-refractivity contribution in [1.29, 1.82) is 0 Å². The normalized spacial score (nSPS) is 17.2. The Morgan fingerprint density at radius 1 is 1.00 bits per heavy atom. The van der Waals surface area contributed by atoms with Crippen LogP contribution in [-0.4, -0.2) is 37.8 Å². The Hall–Kier alpha value is -2.22. The average molecular weight is 403 g/mol. The number of hydrogen-bond acceptors (Lipinski definition) is 3. The quantitative estimate of drug-likeness (QED) is 0.744. The monoisotopic (exact) mass is 402 g/mol. The van der Waals surface area contributed by atoms with E-state index in [1.54, 1.807) is 24.3 Å². The third-order valence-electron chi connectivity index (χ3n) is 5.14. The van der Waals surface area contributed by atoms with Crippen molar-refractivity contribution in [1.82, 2.24) is 4.31 Å². The number of amides is 1. The van der Waals surface area contributed by atoms with Crippen LogP contribution in [0.4, 0.5) is 5.69 Å². The van der Waals surface area contributed by atoms with Gasteiger partial charge in [0.25, 0.3) is 5.91 Å². The summed E-state index contributed by atoms with van der Waals surface area (Å²) in [6.45, 7) is 5.08. The largest absolute Gasteiger partial charge is 0.330 e. The molecule has 7 heteroatoms. The van der Waals surface area contributed by atoms with E-state index in [1.165, 1.54) is 9.87 Å². The van der Waals surface area contributed by atoms with Gasteiger partial charge in [0, 0.05) is 24.3 Å². The molecule has 1 amide bonds. The summed E-state index contributed by atoms with van der Waals surface area (Å²) >= 11 is 0. The molecule has 0 bridgehead atoms. The Morgan fingerprint density at radius 3 is 2.21 bits per heavy atom. The van der Waals surface area contributed by atoms with E-state index >= 15 is 0 Å². The molecule has 2 aromatic rings. The van der Waals surface area contributed by atoms with Crippen LogP contribution in [0.25, 0.3) is 0 Å². The van der Waals surface area contributed by atoms with Crippen molar-refractivity contribution < 1.29 is 18.5 Å². The van der Waals surface area contributed by atoms with E-state index in [4.69, 9.17) is 0 Å². The second-order valence-corrected chi connectivity index (χ2v) is 9.24. The maximum Gasteiger partial charge on any atom is 0.282 e. The molecule has 2 atom stereocenters. The molecular formula is C21H28N3O3S+. The summed E-state index contributed by atoms with van der Waals surface area (Å²) in [5, 5.41) is 4.88. The number of carbonyl (C=O) groups is 1. The van der Waals surface area contributed by atoms with E-state index in [-0.39, 0.29) is 22.9 Å². The van der Waals surface area contributed by atoms with E-state index in [0.717, 1.165) is 12.8 Å². The first kappa shape index (κ1) is 20.5. The zero-order chi connectivity index (χ0) is 20.1. The summed E-state index contributed by atoms with van der Waals surface area (Å²) in [5.41, 5.74) is 1.76. The van der Waals surface area contributed by atoms with Gasteiger partial charge in [0.15, 0.2) is 6.04 Å². The number of nitrogens with one attached hydrogen (secondary N) is 1. The molecule has 150 valence electrons. The third kappa shape index (κ3) is 4.79. The number of carbonyl (C=O) groups excluding carboxylic acids is 1. The Kier molecular flexibility index (Phi) is 6.49. The summed E-state index contributed by atoms with van der Waals surface area (Å²) < 4.78 is 26.6. The molecule has 3 rings (SSSR count). The van der Waals surface area contributed by atoms with E-state index in [9.17, 15) is 13.2 Å². The average Bonchev–Trinajstić information content (AvgIpc) is 3.25. The molecule has 1 heterocycles. The first-order chi connectivity index (χ1) is 13.4. The molecular weight excluding hydrogens is 374 g/mol. The summed E-state index contributed by atoms with van der Waals surface area (Å²) in [6, 6.07) is 16.3. The lowest BCUT2D eigenvalue weighted by molar-refractivity contribution is -0.709. The highest BCUT2D eigenvalue weighted by molar-refractivity contribution is 7.89. The summed E-state index contributed by atoms with van der Waals surface area (Å²) in [6.07, 6.45) is 1.81. The van der Waals surface area contributed by atoms with Gasteiger partial charge in [-0.2, -0.15) is 4.31 Å². The Bertz CT molecular complexity index is 892. The molecule has 28 heavy (non-hydrogen) atoms. The molecule has 0 radical (unpaired) electrons. The van der Waals surface area contributed by atoms with Crippen molar-refractivity contribution in [2.45, 2.75) is 43.7 Å². The molecule has 0 aromatic heterocycles. The lowest BCUT2D eigenvalue weighted by Crippen LogP contribution is -2.91. The number of rotatable bonds is 7. The van der Waals surface area contributed by atoms with Crippen LogP contribution in [-0.2, 0) is 14.8 Å². The van der Waals surface area contributed by atoms with Crippen LogP contribution in [0.5, 0.6) is 0 Å². The molecule has 0 spiro atoms. The zero-order valence-electron chi connectivity index (χ0n) is 16.3. The maximum absolute atomic E-state index is 12.6. The van der Waals surface area contributed by atoms with E-state index in [2.05, 4.69) is 12.2 Å². The second-order valence-electron chi connectivity index (χ2n) is 7.31. The van der Waals surface area contributed by atoms with E-state index < -0.39 is 10.0 Å². The number of nitrogens with zero attached hydrogens (tertiary/aromatic N) is 1. The van der Waals surface area contributed by atoms with E-state index in [0.29, 0.717) is 18.8 Å². The number of nitrogens with two attached hydrogens (primary N) is 1. The smallest absolute Gasteiger partial charge is 0.282 e. The van der Waals surface area contributed by atoms with Gasteiger partial charge in [0.05, 0.1) is 4.90 Å². The number of sulfonamides is 1. The van der Waals surface area contributed by atoms with E-state index in [1.807, 2.05) is 42.6 Å². The SMILES string of the molecule is C[C@@H]([NH2+][C@H](C)c1ccccc1)C(=O)Nc1ccc(S(=O)(=O)N2CCCC2)cc1. The highest BCUT2D eigenvalue weighted by Crippen LogP contribution is 2.22. The predicted octanol–water partition coefficient (Wildman–Crippen LogP) is 2.12. The lowest BCUT2D eigenvalue weighted by Gasteiger charge is -2.17. The summed E-state index contributed by atoms with van der Waals surface area (Å²) in [7, 11) is -3.43. The topological polar surface area (TPSA) is 83.1 Å². The highest BCUT2D eigenvalue weighted by atomic mass is 32.2. The first-order valence-electron chi connectivity index (χ1n) is 9.69. The van der Waals surface area contributed by atoms with Crippen LogP contribution in [0.15, 0.2) is 59.5 Å². The fraction of sp³-hybridized carbons (Fsp3) is 0.381. The van der Waals surface area contributed by atoms with Crippen LogP contribution in [0.3, 0.4) is 0 Å². The van der Waals surface area contributed by atoms with Crippen molar-refractivity contribution in [3.63, 3.8) is 0 Å². The number of hydrogen-bond donors (Lipinski definition) is 2. The van der Waals surface area contributed by atoms with Gasteiger partial charge in [-0.1, -0.05) is 30.3 Å². The van der Waals surface area contributed by atoms with Crippen molar-refractivity contribution in [3.8, 4) is 0 Å². The second kappa shape index (κ2) is 8.86. The van der Waals surface area contributed by atoms with Gasteiger partial charge in [-0.15, -0.1) is 0 Å². The number of benzene rings is 2. The number of anilines is 1. The van der Waals surface area contributed by atoms with Crippen LogP contribution in [0.2, 0.25) is 0 Å². The van der Waals surface area contributed by atoms with Gasteiger partial charge < -0.3 is 10.6 Å². The predicted molar refractivity (Wildman–Crippen MR) is 109 cm³/mol. The Labute approximate surface area is 167 Å². The first-order valence-corrected chi connectivity index (χ1v) is 11.1. The zero-order valence-corrected chi connectivity index (χ0v) is 17.2. The van der Waals surface area contributed by atoms with Gasteiger partial charge >= 0.3 is 0 Å². The van der Waals surface area contributed by atoms with Crippen LogP contribution in [0.1, 0.15) is 38.3 Å². The minimum atomic E-state index is -3.43. The van der Waals surface area contributed by atoms with Crippen LogP contribution >= 0.6 is 0 Å². The van der Waals surface area contributed by atoms with Crippen LogP contribution in [0, 0.1) is 0 Å². The lowest BCUT2D eigenvalue weighted by atomic mass is 10.1. The molecule has 0 unspecified atom stereocenters. The van der Waals surface area contributed by atoms with Crippen LogP contribution < -0.4 is 10.6 Å². The van der Waals surface area contributed by atoms with Crippen molar-refractivity contribution in [2.75, 3.05) is 18.4 Å². The molecule has 1 aliphatic rings. The number of quaternary nitrogens is 1. The molecule has 1 aliphatic heterocycles. The van der Waals surface area contributed by atoms with Gasteiger partial charge in [-0.3, -0.25) is 4.79 Å². The Morgan fingerprint density at radius 2 is 1.61 bits per heavy atom. The molecule has 0 saturated carbocycles. The third-order valence-corrected chi connectivity index (χ3v) is 7.05. The minimum absolute atomic E-state index is 0.113. The van der Waals surface area contributed by atoms with Gasteiger partial charge in [0.1, 0.15) is 6.04 Å². The standard InChI is InChI=1S/C21H27N3O3S/c1-16(18-8-4-3-5-9-18)22-17(2)21(25)23-19-10-12-20(13-11-19)28(26,27)24-14-6-7-15-24/h3-5,8-13,16-17,22H,6-7,14-15H2,1-2H3,(H,23,25)/p+1/t16-,17-/m1/s1. The van der Waals surface area contributed by atoms with Gasteiger partial charge in [-0.25, -0.2) is 8.42 Å². The van der Waals surface area contributed by atoms with Crippen molar-refractivity contribution in [2.24, 2.45) is 0 Å². The molecule has 1 saturated heterocycles. The summed E-state index contributed by atoms with van der Waals surface area (Å²) in [5.74, 6) is -0.113. The maximum atomic E-state index is 12.6. The van der Waals surface area contributed by atoms with Crippen molar-refractivity contribution in [3.05, 3.63) is 60.2 Å². The van der Waals surface area contributed by atoms with Gasteiger partial charge in [-0.05, 0) is 51.0 Å². The fourth-order valence-corrected chi connectivity index (χ4v) is 4.95. The molecule has 6 nitrogen and oxygen atoms in total. The molecule has 2 aromatic carbocycles. The fourth-order valence-electron chi connectivity index (χ4n) is 3.43. The van der Waals surface area contributed by atoms with Gasteiger partial charge in [0.2, 0.25) is 10.0 Å². The molecule has 1 fully saturated rings. The molecule has 0 aliphatic carbocycles. The Balaban J connectivity index is 1.59. The molecule has 3 N–H and O–H groups in total. The minimum Gasteiger partial charge on any atom is -0.330 e.